The highest BCUT2D eigenvalue weighted by Gasteiger charge is 2.24. The largest absolute Gasteiger partial charge is 0.360 e. The summed E-state index contributed by atoms with van der Waals surface area (Å²) in [7, 11) is 1.89. The predicted octanol–water partition coefficient (Wildman–Crippen LogP) is 0.659. The van der Waals surface area contributed by atoms with Gasteiger partial charge in [-0.3, -0.25) is 19.2 Å². The van der Waals surface area contributed by atoms with E-state index in [1.165, 1.54) is 0 Å². The molecule has 0 bridgehead atoms. The molecular weight excluding hydrogens is 348 g/mol. The smallest absolute Gasteiger partial charge is 0.239 e. The van der Waals surface area contributed by atoms with Crippen LogP contribution in [0, 0.1) is 20.8 Å². The van der Waals surface area contributed by atoms with Crippen molar-refractivity contribution in [3.8, 4) is 0 Å². The zero-order valence-corrected chi connectivity index (χ0v) is 16.3. The molecule has 0 saturated carbocycles. The minimum absolute atomic E-state index is 0.108. The Morgan fingerprint density at radius 3 is 2.44 bits per heavy atom. The molecule has 2 amide bonds. The number of carbonyl (C=O) groups is 2. The lowest BCUT2D eigenvalue weighted by Crippen LogP contribution is -2.50. The lowest BCUT2D eigenvalue weighted by Gasteiger charge is -2.34. The van der Waals surface area contributed by atoms with Gasteiger partial charge >= 0.3 is 0 Å². The van der Waals surface area contributed by atoms with E-state index in [-0.39, 0.29) is 18.4 Å². The molecule has 9 nitrogen and oxygen atoms in total. The van der Waals surface area contributed by atoms with E-state index >= 15 is 0 Å². The van der Waals surface area contributed by atoms with Crippen LogP contribution in [0.15, 0.2) is 10.6 Å². The van der Waals surface area contributed by atoms with Crippen molar-refractivity contribution in [3.63, 3.8) is 0 Å². The number of nitrogens with one attached hydrogen (secondary N) is 1. The molecule has 3 rings (SSSR count). The van der Waals surface area contributed by atoms with Gasteiger partial charge in [0.05, 0.1) is 18.7 Å². The molecule has 1 N–H and O–H groups in total. The van der Waals surface area contributed by atoms with Gasteiger partial charge < -0.3 is 14.7 Å². The number of piperazine rings is 1. The summed E-state index contributed by atoms with van der Waals surface area (Å²) in [4.78, 5) is 28.6. The van der Waals surface area contributed by atoms with E-state index in [4.69, 9.17) is 4.52 Å². The summed E-state index contributed by atoms with van der Waals surface area (Å²) in [6.07, 6.45) is 0.373. The van der Waals surface area contributed by atoms with Gasteiger partial charge in [-0.15, -0.1) is 0 Å². The number of aryl methyl sites for hydroxylation is 3. The number of carbonyl (C=O) groups excluding carboxylic acids is 2. The predicted molar refractivity (Wildman–Crippen MR) is 99.3 cm³/mol. The van der Waals surface area contributed by atoms with E-state index in [1.807, 2.05) is 35.4 Å². The SMILES string of the molecule is Cc1cc(NC(=O)CN2CCN(C(=O)Cc3c(C)nn(C)c3C)CC2)no1. The van der Waals surface area contributed by atoms with E-state index in [1.54, 1.807) is 13.0 Å². The second-order valence-corrected chi connectivity index (χ2v) is 6.98. The molecule has 27 heavy (non-hydrogen) atoms. The Hall–Kier alpha value is -2.68. The first-order valence-corrected chi connectivity index (χ1v) is 9.06. The number of anilines is 1. The van der Waals surface area contributed by atoms with E-state index in [2.05, 4.69) is 15.6 Å². The Morgan fingerprint density at radius 2 is 1.89 bits per heavy atom. The third-order valence-corrected chi connectivity index (χ3v) is 4.97. The lowest BCUT2D eigenvalue weighted by atomic mass is 10.1. The molecule has 0 radical (unpaired) electrons. The molecule has 0 unspecified atom stereocenters. The Morgan fingerprint density at radius 1 is 1.19 bits per heavy atom. The average Bonchev–Trinajstić information content (AvgIpc) is 3.13. The second-order valence-electron chi connectivity index (χ2n) is 6.98. The fraction of sp³-hybridized carbons (Fsp3) is 0.556. The van der Waals surface area contributed by atoms with Gasteiger partial charge in [0.25, 0.3) is 0 Å². The minimum atomic E-state index is -0.135. The number of hydrogen-bond donors (Lipinski definition) is 1. The van der Waals surface area contributed by atoms with E-state index in [9.17, 15) is 9.59 Å². The van der Waals surface area contributed by atoms with Crippen molar-refractivity contribution in [2.45, 2.75) is 27.2 Å². The highest BCUT2D eigenvalue weighted by molar-refractivity contribution is 5.91. The molecule has 1 fully saturated rings. The van der Waals surface area contributed by atoms with Crippen molar-refractivity contribution in [1.82, 2.24) is 24.7 Å². The zero-order chi connectivity index (χ0) is 19.6. The van der Waals surface area contributed by atoms with E-state index in [0.29, 0.717) is 44.2 Å². The number of hydrogen-bond acceptors (Lipinski definition) is 6. The summed E-state index contributed by atoms with van der Waals surface area (Å²) >= 11 is 0. The van der Waals surface area contributed by atoms with Crippen molar-refractivity contribution in [1.29, 1.82) is 0 Å². The summed E-state index contributed by atoms with van der Waals surface area (Å²) in [6.45, 7) is 8.53. The lowest BCUT2D eigenvalue weighted by molar-refractivity contribution is -0.132. The summed E-state index contributed by atoms with van der Waals surface area (Å²) in [5.41, 5.74) is 2.94. The molecule has 2 aromatic rings. The molecule has 1 saturated heterocycles. The van der Waals surface area contributed by atoms with Gasteiger partial charge in [-0.05, 0) is 20.8 Å². The summed E-state index contributed by atoms with van der Waals surface area (Å²) in [5.74, 6) is 1.05. The second kappa shape index (κ2) is 7.91. The number of aromatic nitrogens is 3. The molecule has 146 valence electrons. The van der Waals surface area contributed by atoms with Crippen LogP contribution in [0.4, 0.5) is 5.82 Å². The van der Waals surface area contributed by atoms with Crippen molar-refractivity contribution in [3.05, 3.63) is 28.8 Å². The van der Waals surface area contributed by atoms with Gasteiger partial charge in [-0.25, -0.2) is 0 Å². The Balaban J connectivity index is 1.46. The van der Waals surface area contributed by atoms with Crippen molar-refractivity contribution < 1.29 is 14.1 Å². The third kappa shape index (κ3) is 4.54. The molecule has 2 aromatic heterocycles. The maximum Gasteiger partial charge on any atom is 0.239 e. The molecule has 1 aliphatic rings. The zero-order valence-electron chi connectivity index (χ0n) is 16.3. The van der Waals surface area contributed by atoms with Crippen LogP contribution in [-0.2, 0) is 23.1 Å². The van der Waals surface area contributed by atoms with Crippen LogP contribution >= 0.6 is 0 Å². The Bertz CT molecular complexity index is 832. The molecule has 3 heterocycles. The van der Waals surface area contributed by atoms with Gasteiger partial charge in [0.15, 0.2) is 5.82 Å². The third-order valence-electron chi connectivity index (χ3n) is 4.97. The molecule has 1 aliphatic heterocycles. The van der Waals surface area contributed by atoms with Gasteiger partial charge in [-0.2, -0.15) is 5.10 Å². The first-order chi connectivity index (χ1) is 12.8. The van der Waals surface area contributed by atoms with Crippen molar-refractivity contribution in [2.24, 2.45) is 7.05 Å². The van der Waals surface area contributed by atoms with Crippen LogP contribution in [0.3, 0.4) is 0 Å². The molecule has 0 aliphatic carbocycles. The maximum absolute atomic E-state index is 12.6. The maximum atomic E-state index is 12.6. The molecular formula is C18H26N6O3. The molecule has 0 spiro atoms. The fourth-order valence-corrected chi connectivity index (χ4v) is 3.30. The molecule has 9 heteroatoms. The standard InChI is InChI=1S/C18H26N6O3/c1-12-9-16(21-27-12)19-17(25)11-23-5-7-24(8-6-23)18(26)10-15-13(2)20-22(4)14(15)3/h9H,5-8,10-11H2,1-4H3,(H,19,21,25). The number of nitrogens with zero attached hydrogens (tertiary/aromatic N) is 5. The van der Waals surface area contributed by atoms with Gasteiger partial charge in [0.2, 0.25) is 11.8 Å². The minimum Gasteiger partial charge on any atom is -0.360 e. The first-order valence-electron chi connectivity index (χ1n) is 9.06. The van der Waals surface area contributed by atoms with Gasteiger partial charge in [0, 0.05) is 50.6 Å². The Labute approximate surface area is 158 Å². The van der Waals surface area contributed by atoms with Crippen LogP contribution in [0.1, 0.15) is 22.7 Å². The molecule has 0 aromatic carbocycles. The van der Waals surface area contributed by atoms with E-state index < -0.39 is 0 Å². The van der Waals surface area contributed by atoms with Gasteiger partial charge in [-0.1, -0.05) is 5.16 Å². The number of rotatable bonds is 5. The highest BCUT2D eigenvalue weighted by atomic mass is 16.5. The van der Waals surface area contributed by atoms with Crippen LogP contribution in [-0.4, -0.2) is 69.3 Å². The molecule has 0 atom stereocenters. The summed E-state index contributed by atoms with van der Waals surface area (Å²) in [6, 6.07) is 1.68. The van der Waals surface area contributed by atoms with Crippen LogP contribution in [0.5, 0.6) is 0 Å². The van der Waals surface area contributed by atoms with Gasteiger partial charge in [0.1, 0.15) is 5.76 Å². The average molecular weight is 374 g/mol. The highest BCUT2D eigenvalue weighted by Crippen LogP contribution is 2.15. The monoisotopic (exact) mass is 374 g/mol. The van der Waals surface area contributed by atoms with Crippen molar-refractivity contribution >= 4 is 17.6 Å². The normalized spacial score (nSPS) is 15.2. The fourth-order valence-electron chi connectivity index (χ4n) is 3.30. The van der Waals surface area contributed by atoms with Crippen LogP contribution in [0.25, 0.3) is 0 Å². The summed E-state index contributed by atoms with van der Waals surface area (Å²) < 4.78 is 6.74. The van der Waals surface area contributed by atoms with Crippen LogP contribution < -0.4 is 5.32 Å². The first kappa shape index (κ1) is 19.1. The van der Waals surface area contributed by atoms with E-state index in [0.717, 1.165) is 17.0 Å². The summed E-state index contributed by atoms with van der Waals surface area (Å²) in [5, 5.41) is 10.8. The van der Waals surface area contributed by atoms with Crippen LogP contribution in [0.2, 0.25) is 0 Å². The van der Waals surface area contributed by atoms with Crippen molar-refractivity contribution in [2.75, 3.05) is 38.0 Å². The Kier molecular flexibility index (Phi) is 5.59. The quantitative estimate of drug-likeness (QED) is 0.826. The topological polar surface area (TPSA) is 96.5 Å². The number of amides is 2.